The summed E-state index contributed by atoms with van der Waals surface area (Å²) in [5.74, 6) is 1.73. The van der Waals surface area contributed by atoms with E-state index >= 15 is 0 Å². The smallest absolute Gasteiger partial charge is 0.0143 e. The van der Waals surface area contributed by atoms with Gasteiger partial charge in [-0.3, -0.25) is 0 Å². The minimum absolute atomic E-state index is 0.535. The van der Waals surface area contributed by atoms with Crippen LogP contribution in [0, 0.1) is 17.3 Å². The second-order valence-electron chi connectivity index (χ2n) is 7.68. The average molecular weight is 272 g/mol. The van der Waals surface area contributed by atoms with Crippen LogP contribution < -0.4 is 0 Å². The third-order valence-corrected chi connectivity index (χ3v) is 5.52. The van der Waals surface area contributed by atoms with Crippen LogP contribution in [0.5, 0.6) is 0 Å². The lowest BCUT2D eigenvalue weighted by atomic mass is 10.0. The molecule has 0 N–H and O–H groups in total. The van der Waals surface area contributed by atoms with Gasteiger partial charge in [0.15, 0.2) is 0 Å². The first-order valence-electron chi connectivity index (χ1n) is 8.40. The molecule has 0 heterocycles. The van der Waals surface area contributed by atoms with Gasteiger partial charge in [0.25, 0.3) is 0 Å². The molecule has 1 fully saturated rings. The monoisotopic (exact) mass is 272 g/mol. The molecule has 0 aromatic carbocycles. The summed E-state index contributed by atoms with van der Waals surface area (Å²) < 4.78 is 0. The molecule has 20 heavy (non-hydrogen) atoms. The topological polar surface area (TPSA) is 0 Å². The van der Waals surface area contributed by atoms with Crippen LogP contribution in [-0.4, -0.2) is 0 Å². The Morgan fingerprint density at radius 3 is 2.05 bits per heavy atom. The highest BCUT2D eigenvalue weighted by Gasteiger charge is 2.55. The maximum absolute atomic E-state index is 2.58. The lowest BCUT2D eigenvalue weighted by Gasteiger charge is -2.05. The largest absolute Gasteiger partial charge is 0.0853 e. The fraction of sp³-hybridized carbons (Fsp3) is 0.700. The van der Waals surface area contributed by atoms with E-state index in [1.807, 2.05) is 0 Å². The van der Waals surface area contributed by atoms with Crippen LogP contribution in [-0.2, 0) is 0 Å². The van der Waals surface area contributed by atoms with Crippen LogP contribution in [0.4, 0.5) is 0 Å². The molecule has 2 atom stereocenters. The summed E-state index contributed by atoms with van der Waals surface area (Å²) in [6, 6.07) is 0. The SMILES string of the molecule is CC1=CCCC(C)=C[C@@H]2[C@H](CCC(C)=CCC1)C2(C)C. The van der Waals surface area contributed by atoms with E-state index in [4.69, 9.17) is 0 Å². The number of allylic oxidation sites excluding steroid dienone is 6. The van der Waals surface area contributed by atoms with Crippen LogP contribution in [0.1, 0.15) is 73.1 Å². The zero-order valence-corrected chi connectivity index (χ0v) is 14.1. The molecule has 0 aromatic heterocycles. The van der Waals surface area contributed by atoms with Crippen molar-refractivity contribution >= 4 is 0 Å². The molecule has 2 rings (SSSR count). The molecule has 0 nitrogen and oxygen atoms in total. The number of fused-ring (bicyclic) bond motifs is 1. The van der Waals surface area contributed by atoms with Gasteiger partial charge in [-0.2, -0.15) is 0 Å². The number of hydrogen-bond donors (Lipinski definition) is 0. The Hall–Kier alpha value is -0.780. The summed E-state index contributed by atoms with van der Waals surface area (Å²) in [5.41, 5.74) is 5.28. The van der Waals surface area contributed by atoms with Crippen LogP contribution >= 0.6 is 0 Å². The molecule has 0 saturated heterocycles. The molecule has 2 aliphatic carbocycles. The van der Waals surface area contributed by atoms with Crippen LogP contribution in [0.2, 0.25) is 0 Å². The maximum Gasteiger partial charge on any atom is -0.0143 e. The van der Waals surface area contributed by atoms with Crippen LogP contribution in [0.25, 0.3) is 0 Å². The van der Waals surface area contributed by atoms with E-state index < -0.39 is 0 Å². The first-order valence-corrected chi connectivity index (χ1v) is 8.40. The summed E-state index contributed by atoms with van der Waals surface area (Å²) >= 11 is 0. The molecular formula is C20H32. The summed E-state index contributed by atoms with van der Waals surface area (Å²) in [7, 11) is 0. The Morgan fingerprint density at radius 1 is 0.850 bits per heavy atom. The van der Waals surface area contributed by atoms with Gasteiger partial charge in [0.05, 0.1) is 0 Å². The van der Waals surface area contributed by atoms with Crippen LogP contribution in [0.3, 0.4) is 0 Å². The number of rotatable bonds is 0. The van der Waals surface area contributed by atoms with Gasteiger partial charge in [0.2, 0.25) is 0 Å². The quantitative estimate of drug-likeness (QED) is 0.444. The average Bonchev–Trinajstić information content (AvgIpc) is 2.86. The van der Waals surface area contributed by atoms with E-state index in [0.717, 1.165) is 11.8 Å². The standard InChI is InChI=1S/C20H32/c1-15-8-6-10-16(2)12-13-18-19(20(18,4)5)14-17(3)11-7-9-15/h9-10,14,18-19H,6-8,11-13H2,1-5H3/t18-,19+/m0/s1. The van der Waals surface area contributed by atoms with Gasteiger partial charge in [-0.25, -0.2) is 0 Å². The van der Waals surface area contributed by atoms with Gasteiger partial charge in [0.1, 0.15) is 0 Å². The van der Waals surface area contributed by atoms with Gasteiger partial charge in [-0.05, 0) is 76.5 Å². The van der Waals surface area contributed by atoms with Crippen molar-refractivity contribution in [3.05, 3.63) is 34.9 Å². The molecule has 1 saturated carbocycles. The summed E-state index contributed by atoms with van der Waals surface area (Å²) in [5, 5.41) is 0. The molecule has 0 bridgehead atoms. The molecule has 0 aliphatic heterocycles. The minimum atomic E-state index is 0.535. The Labute approximate surface area is 126 Å². The molecule has 2 aliphatic rings. The zero-order chi connectivity index (χ0) is 14.8. The highest BCUT2D eigenvalue weighted by Crippen LogP contribution is 2.61. The predicted octanol–water partition coefficient (Wildman–Crippen LogP) is 6.45. The summed E-state index contributed by atoms with van der Waals surface area (Å²) in [6.45, 7) is 11.8. The molecule has 0 radical (unpaired) electrons. The van der Waals surface area contributed by atoms with Gasteiger partial charge in [0, 0.05) is 0 Å². The first-order chi connectivity index (χ1) is 9.41. The molecule has 112 valence electrons. The normalized spacial score (nSPS) is 31.4. The van der Waals surface area contributed by atoms with Crippen molar-refractivity contribution in [2.45, 2.75) is 73.1 Å². The van der Waals surface area contributed by atoms with Crippen LogP contribution in [0.15, 0.2) is 34.9 Å². The third kappa shape index (κ3) is 3.87. The lowest BCUT2D eigenvalue weighted by Crippen LogP contribution is -1.91. The molecule has 0 amide bonds. The molecule has 0 aromatic rings. The third-order valence-electron chi connectivity index (χ3n) is 5.52. The van der Waals surface area contributed by atoms with Crippen molar-refractivity contribution in [1.29, 1.82) is 0 Å². The molecular weight excluding hydrogens is 240 g/mol. The molecule has 0 spiro atoms. The second-order valence-corrected chi connectivity index (χ2v) is 7.68. The summed E-state index contributed by atoms with van der Waals surface area (Å²) in [6.07, 6.45) is 15.1. The van der Waals surface area contributed by atoms with Gasteiger partial charge >= 0.3 is 0 Å². The Kier molecular flexibility index (Phi) is 4.94. The van der Waals surface area contributed by atoms with E-state index in [1.165, 1.54) is 38.5 Å². The van der Waals surface area contributed by atoms with Gasteiger partial charge in [-0.1, -0.05) is 48.8 Å². The predicted molar refractivity (Wildman–Crippen MR) is 89.7 cm³/mol. The lowest BCUT2D eigenvalue weighted by molar-refractivity contribution is 0.528. The highest BCUT2D eigenvalue weighted by molar-refractivity contribution is 5.19. The van der Waals surface area contributed by atoms with Gasteiger partial charge < -0.3 is 0 Å². The zero-order valence-electron chi connectivity index (χ0n) is 14.1. The van der Waals surface area contributed by atoms with E-state index in [1.54, 1.807) is 16.7 Å². The fourth-order valence-electron chi connectivity index (χ4n) is 3.74. The van der Waals surface area contributed by atoms with E-state index in [9.17, 15) is 0 Å². The summed E-state index contributed by atoms with van der Waals surface area (Å²) in [4.78, 5) is 0. The van der Waals surface area contributed by atoms with E-state index in [2.05, 4.69) is 52.8 Å². The second kappa shape index (κ2) is 6.33. The van der Waals surface area contributed by atoms with Crippen molar-refractivity contribution in [1.82, 2.24) is 0 Å². The van der Waals surface area contributed by atoms with Crippen molar-refractivity contribution in [3.8, 4) is 0 Å². The molecule has 0 heteroatoms. The van der Waals surface area contributed by atoms with Crippen molar-refractivity contribution in [2.24, 2.45) is 17.3 Å². The highest BCUT2D eigenvalue weighted by atomic mass is 14.6. The Morgan fingerprint density at radius 2 is 1.40 bits per heavy atom. The van der Waals surface area contributed by atoms with Crippen molar-refractivity contribution in [3.63, 3.8) is 0 Å². The van der Waals surface area contributed by atoms with Gasteiger partial charge in [-0.15, -0.1) is 0 Å². The molecule has 0 unspecified atom stereocenters. The minimum Gasteiger partial charge on any atom is -0.0853 e. The fourth-order valence-corrected chi connectivity index (χ4v) is 3.74. The van der Waals surface area contributed by atoms with Crippen molar-refractivity contribution < 1.29 is 0 Å². The maximum atomic E-state index is 2.58. The number of hydrogen-bond acceptors (Lipinski definition) is 0. The Balaban J connectivity index is 2.09. The first kappa shape index (κ1) is 15.6. The van der Waals surface area contributed by atoms with E-state index in [-0.39, 0.29) is 0 Å². The Bertz CT molecular complexity index is 431. The van der Waals surface area contributed by atoms with Crippen molar-refractivity contribution in [2.75, 3.05) is 0 Å². The van der Waals surface area contributed by atoms with E-state index in [0.29, 0.717) is 5.41 Å².